The molecule has 1 rings (SSSR count). The van der Waals surface area contributed by atoms with E-state index in [1.165, 1.54) is 18.7 Å². The molecular weight excluding hydrogens is 198 g/mol. The quantitative estimate of drug-likeness (QED) is 0.580. The van der Waals surface area contributed by atoms with Gasteiger partial charge in [0.2, 0.25) is 0 Å². The molecular formula is C13H25N3. The van der Waals surface area contributed by atoms with Crippen LogP contribution < -0.4 is 0 Å². The van der Waals surface area contributed by atoms with Crippen molar-refractivity contribution in [3.05, 3.63) is 0 Å². The molecule has 0 spiro atoms. The minimum Gasteiger partial charge on any atom is -0.358 e. The zero-order valence-electron chi connectivity index (χ0n) is 11.1. The van der Waals surface area contributed by atoms with Crippen molar-refractivity contribution < 1.29 is 0 Å². The van der Waals surface area contributed by atoms with Gasteiger partial charge in [0, 0.05) is 24.7 Å². The maximum Gasteiger partial charge on any atom is 0.0993 e. The fraction of sp³-hybridized carbons (Fsp3) is 0.846. The fourth-order valence-electron chi connectivity index (χ4n) is 2.41. The first-order chi connectivity index (χ1) is 7.54. The SMILES string of the molecule is CCC(=NCC(C)=N)N1CCC(C)CC1C. The van der Waals surface area contributed by atoms with Crippen LogP contribution in [-0.2, 0) is 0 Å². The predicted octanol–water partition coefficient (Wildman–Crippen LogP) is 2.95. The van der Waals surface area contributed by atoms with E-state index < -0.39 is 0 Å². The third kappa shape index (κ3) is 3.62. The van der Waals surface area contributed by atoms with Crippen LogP contribution in [0.4, 0.5) is 0 Å². The van der Waals surface area contributed by atoms with Crippen LogP contribution in [0.3, 0.4) is 0 Å². The molecule has 0 aromatic carbocycles. The van der Waals surface area contributed by atoms with Crippen molar-refractivity contribution >= 4 is 11.5 Å². The van der Waals surface area contributed by atoms with Gasteiger partial charge in [0.15, 0.2) is 0 Å². The molecule has 3 nitrogen and oxygen atoms in total. The molecule has 1 heterocycles. The van der Waals surface area contributed by atoms with Crippen molar-refractivity contribution in [2.75, 3.05) is 13.1 Å². The Balaban J connectivity index is 2.65. The lowest BCUT2D eigenvalue weighted by Crippen LogP contribution is -2.44. The molecule has 2 atom stereocenters. The number of nitrogens with one attached hydrogen (secondary N) is 1. The van der Waals surface area contributed by atoms with Crippen LogP contribution in [0.15, 0.2) is 4.99 Å². The molecule has 0 radical (unpaired) electrons. The highest BCUT2D eigenvalue weighted by molar-refractivity contribution is 5.87. The number of amidine groups is 1. The number of hydrogen-bond donors (Lipinski definition) is 1. The standard InChI is InChI=1S/C13H25N3/c1-5-13(15-9-11(3)14)16-7-6-10(2)8-12(16)4/h10,12,14H,5-9H2,1-4H3. The number of aliphatic imine (C=N–C) groups is 1. The molecule has 0 bridgehead atoms. The smallest absolute Gasteiger partial charge is 0.0993 e. The van der Waals surface area contributed by atoms with Gasteiger partial charge in [-0.1, -0.05) is 13.8 Å². The number of likely N-dealkylation sites (tertiary alicyclic amines) is 1. The second kappa shape index (κ2) is 6.02. The van der Waals surface area contributed by atoms with E-state index in [4.69, 9.17) is 5.41 Å². The van der Waals surface area contributed by atoms with Gasteiger partial charge in [0.05, 0.1) is 12.4 Å². The number of hydrogen-bond acceptors (Lipinski definition) is 2. The molecule has 2 unspecified atom stereocenters. The summed E-state index contributed by atoms with van der Waals surface area (Å²) in [5.41, 5.74) is 0.643. The first-order valence-corrected chi connectivity index (χ1v) is 6.38. The van der Waals surface area contributed by atoms with Crippen molar-refractivity contribution in [2.45, 2.75) is 53.0 Å². The molecule has 0 aliphatic carbocycles. The van der Waals surface area contributed by atoms with Crippen LogP contribution in [0.2, 0.25) is 0 Å². The first-order valence-electron chi connectivity index (χ1n) is 6.38. The van der Waals surface area contributed by atoms with E-state index in [2.05, 4.69) is 30.7 Å². The third-order valence-electron chi connectivity index (χ3n) is 3.28. The van der Waals surface area contributed by atoms with Crippen molar-refractivity contribution in [3.8, 4) is 0 Å². The van der Waals surface area contributed by atoms with Crippen molar-refractivity contribution in [1.29, 1.82) is 5.41 Å². The summed E-state index contributed by atoms with van der Waals surface area (Å²) in [7, 11) is 0. The Bertz CT molecular complexity index is 270. The number of piperidine rings is 1. The zero-order chi connectivity index (χ0) is 12.1. The molecule has 0 saturated carbocycles. The van der Waals surface area contributed by atoms with Crippen molar-refractivity contribution in [3.63, 3.8) is 0 Å². The van der Waals surface area contributed by atoms with Gasteiger partial charge >= 0.3 is 0 Å². The van der Waals surface area contributed by atoms with E-state index in [-0.39, 0.29) is 0 Å². The van der Waals surface area contributed by atoms with Crippen molar-refractivity contribution in [2.24, 2.45) is 10.9 Å². The maximum atomic E-state index is 7.43. The summed E-state index contributed by atoms with van der Waals surface area (Å²) in [5, 5.41) is 7.43. The molecule has 0 aromatic rings. The van der Waals surface area contributed by atoms with Gasteiger partial charge in [-0.3, -0.25) is 4.99 Å². The lowest BCUT2D eigenvalue weighted by atomic mass is 9.93. The Morgan fingerprint density at radius 1 is 1.44 bits per heavy atom. The van der Waals surface area contributed by atoms with E-state index in [9.17, 15) is 0 Å². The summed E-state index contributed by atoms with van der Waals surface area (Å²) in [5.74, 6) is 2.03. The predicted molar refractivity (Wildman–Crippen MR) is 70.6 cm³/mol. The lowest BCUT2D eigenvalue weighted by Gasteiger charge is -2.38. The molecule has 0 amide bonds. The monoisotopic (exact) mass is 223 g/mol. The summed E-state index contributed by atoms with van der Waals surface area (Å²) in [6.07, 6.45) is 3.52. The summed E-state index contributed by atoms with van der Waals surface area (Å²) < 4.78 is 0. The zero-order valence-corrected chi connectivity index (χ0v) is 11.1. The molecule has 92 valence electrons. The van der Waals surface area contributed by atoms with E-state index in [0.717, 1.165) is 18.9 Å². The Morgan fingerprint density at radius 2 is 2.12 bits per heavy atom. The number of rotatable bonds is 3. The maximum absolute atomic E-state index is 7.43. The molecule has 1 saturated heterocycles. The lowest BCUT2D eigenvalue weighted by molar-refractivity contribution is 0.206. The first kappa shape index (κ1) is 13.2. The molecule has 1 aliphatic rings. The summed E-state index contributed by atoms with van der Waals surface area (Å²) in [4.78, 5) is 6.99. The second-order valence-corrected chi connectivity index (χ2v) is 5.04. The minimum atomic E-state index is 0.557. The minimum absolute atomic E-state index is 0.557. The van der Waals surface area contributed by atoms with Gasteiger partial charge in [0.1, 0.15) is 0 Å². The van der Waals surface area contributed by atoms with Crippen LogP contribution in [0.25, 0.3) is 0 Å². The third-order valence-corrected chi connectivity index (χ3v) is 3.28. The van der Waals surface area contributed by atoms with Crippen molar-refractivity contribution in [1.82, 2.24) is 4.90 Å². The van der Waals surface area contributed by atoms with E-state index in [0.29, 0.717) is 18.3 Å². The highest BCUT2D eigenvalue weighted by atomic mass is 15.2. The summed E-state index contributed by atoms with van der Waals surface area (Å²) in [6.45, 7) is 10.3. The van der Waals surface area contributed by atoms with Crippen LogP contribution in [0, 0.1) is 11.3 Å². The summed E-state index contributed by atoms with van der Waals surface area (Å²) >= 11 is 0. The van der Waals surface area contributed by atoms with Crippen LogP contribution in [0.1, 0.15) is 47.0 Å². The Labute approximate surface area is 99.5 Å². The Morgan fingerprint density at radius 3 is 2.62 bits per heavy atom. The van der Waals surface area contributed by atoms with Gasteiger partial charge in [-0.2, -0.15) is 0 Å². The highest BCUT2D eigenvalue weighted by Gasteiger charge is 2.24. The van der Waals surface area contributed by atoms with Gasteiger partial charge < -0.3 is 10.3 Å². The van der Waals surface area contributed by atoms with Crippen LogP contribution in [0.5, 0.6) is 0 Å². The molecule has 16 heavy (non-hydrogen) atoms. The molecule has 3 heteroatoms. The average molecular weight is 223 g/mol. The Hall–Kier alpha value is -0.860. The van der Waals surface area contributed by atoms with E-state index >= 15 is 0 Å². The average Bonchev–Trinajstić information content (AvgIpc) is 2.21. The summed E-state index contributed by atoms with van der Waals surface area (Å²) in [6, 6.07) is 0.605. The van der Waals surface area contributed by atoms with Gasteiger partial charge in [0.25, 0.3) is 0 Å². The van der Waals surface area contributed by atoms with Crippen LogP contribution >= 0.6 is 0 Å². The second-order valence-electron chi connectivity index (χ2n) is 5.04. The highest BCUT2D eigenvalue weighted by Crippen LogP contribution is 2.23. The normalized spacial score (nSPS) is 27.0. The van der Waals surface area contributed by atoms with Gasteiger partial charge in [-0.25, -0.2) is 0 Å². The van der Waals surface area contributed by atoms with E-state index in [1.807, 2.05) is 6.92 Å². The fourth-order valence-corrected chi connectivity index (χ4v) is 2.41. The topological polar surface area (TPSA) is 39.5 Å². The molecule has 1 N–H and O–H groups in total. The molecule has 0 aromatic heterocycles. The number of nitrogens with zero attached hydrogens (tertiary/aromatic N) is 2. The molecule has 1 aliphatic heterocycles. The van der Waals surface area contributed by atoms with E-state index in [1.54, 1.807) is 0 Å². The largest absolute Gasteiger partial charge is 0.358 e. The molecule has 1 fully saturated rings. The van der Waals surface area contributed by atoms with Gasteiger partial charge in [-0.05, 0) is 32.6 Å². The Kier molecular flexibility index (Phi) is 4.97. The van der Waals surface area contributed by atoms with Crippen LogP contribution in [-0.4, -0.2) is 35.6 Å². The van der Waals surface area contributed by atoms with Gasteiger partial charge in [-0.15, -0.1) is 0 Å².